The van der Waals surface area contributed by atoms with E-state index in [9.17, 15) is 19.2 Å². The number of anilines is 2. The predicted octanol–water partition coefficient (Wildman–Crippen LogP) is 2.99. The van der Waals surface area contributed by atoms with Crippen molar-refractivity contribution in [1.82, 2.24) is 50.6 Å². The van der Waals surface area contributed by atoms with Crippen LogP contribution in [0.15, 0.2) is 108 Å². The van der Waals surface area contributed by atoms with E-state index in [1.54, 1.807) is 36.5 Å². The monoisotopic (exact) mass is 787 g/mol. The molecule has 0 spiro atoms. The third-order valence-electron chi connectivity index (χ3n) is 9.49. The van der Waals surface area contributed by atoms with Crippen molar-refractivity contribution in [3.8, 4) is 45.6 Å². The van der Waals surface area contributed by atoms with Crippen LogP contribution in [-0.4, -0.2) is 100 Å². The first-order valence-electron chi connectivity index (χ1n) is 18.3. The second kappa shape index (κ2) is 15.8. The number of hydrogen-bond donors (Lipinski definition) is 2. The standard InChI is InChI=1S/C42H34N12O5/c1-52(2)25-8-12-29-33(20-25)59-34-21-26(53(3)4)9-13-30(34)37(29)28-11-10-27(54-35(55)14-15-36(54)56)19-31(28)42(58)45-18-17-44-41(57)24-22-46-39(47-23-24)40-50-48-38(49-51-40)32-7-5-6-16-43-32/h5-16,19-23H,17-18H2,1-4H3,(H-,44,45,57,58)/p+1. The van der Waals surface area contributed by atoms with Crippen molar-refractivity contribution < 1.29 is 23.6 Å². The van der Waals surface area contributed by atoms with Crippen molar-refractivity contribution in [2.24, 2.45) is 0 Å². The summed E-state index contributed by atoms with van der Waals surface area (Å²) in [6.45, 7) is 0.0884. The van der Waals surface area contributed by atoms with Gasteiger partial charge in [-0.25, -0.2) is 19.4 Å². The number of imide groups is 1. The molecule has 292 valence electrons. The number of aromatic nitrogens is 7. The summed E-state index contributed by atoms with van der Waals surface area (Å²) in [5.41, 5.74) is 4.64. The Morgan fingerprint density at radius 2 is 1.44 bits per heavy atom. The molecule has 2 aromatic carbocycles. The number of amides is 4. The Balaban J connectivity index is 1.05. The first kappa shape index (κ1) is 37.8. The highest BCUT2D eigenvalue weighted by molar-refractivity contribution is 6.28. The maximum Gasteiger partial charge on any atom is 0.258 e. The second-order valence-electron chi connectivity index (χ2n) is 13.8. The van der Waals surface area contributed by atoms with Gasteiger partial charge in [-0.05, 0) is 48.0 Å². The van der Waals surface area contributed by atoms with Crippen LogP contribution >= 0.6 is 0 Å². The molecule has 3 aromatic heterocycles. The van der Waals surface area contributed by atoms with Crippen molar-refractivity contribution in [2.45, 2.75) is 0 Å². The molecule has 0 fully saturated rings. The number of hydrogen-bond acceptors (Lipinski definition) is 13. The van der Waals surface area contributed by atoms with Gasteiger partial charge in [0.2, 0.25) is 22.8 Å². The van der Waals surface area contributed by atoms with E-state index in [-0.39, 0.29) is 47.4 Å². The molecule has 0 unspecified atom stereocenters. The van der Waals surface area contributed by atoms with Crippen LogP contribution in [0.3, 0.4) is 0 Å². The molecule has 0 radical (unpaired) electrons. The lowest BCUT2D eigenvalue weighted by atomic mass is 9.90. The lowest BCUT2D eigenvalue weighted by molar-refractivity contribution is -0.120. The Kier molecular flexibility index (Phi) is 10.1. The molecule has 5 aromatic rings. The number of carbonyl (C=O) groups is 4. The van der Waals surface area contributed by atoms with Gasteiger partial charge in [0.15, 0.2) is 0 Å². The van der Waals surface area contributed by atoms with Gasteiger partial charge in [-0.15, -0.1) is 20.4 Å². The zero-order valence-electron chi connectivity index (χ0n) is 32.2. The molecule has 0 bridgehead atoms. The molecule has 1 aliphatic carbocycles. The largest absolute Gasteiger partial charge is 0.456 e. The minimum absolute atomic E-state index is 0.0358. The first-order chi connectivity index (χ1) is 28.5. The SMILES string of the molecule is CN(C)c1ccc2c(-c3ccc(N4C(=O)C=CC4=O)cc3C(=O)NCCNC(=O)c3cnc(-c4nnc(-c5ccccn5)nn4)nc3)c3ccc(=[N+](C)C)cc-3oc2c1. The smallest absolute Gasteiger partial charge is 0.258 e. The number of nitrogens with one attached hydrogen (secondary N) is 2. The molecule has 2 aliphatic heterocycles. The lowest BCUT2D eigenvalue weighted by Gasteiger charge is -2.21. The van der Waals surface area contributed by atoms with Crippen molar-refractivity contribution >= 4 is 46.0 Å². The number of pyridine rings is 1. The molecule has 0 atom stereocenters. The first-order valence-corrected chi connectivity index (χ1v) is 18.3. The molecule has 0 saturated carbocycles. The molecule has 2 N–H and O–H groups in total. The van der Waals surface area contributed by atoms with Crippen molar-refractivity contribution in [3.05, 3.63) is 120 Å². The van der Waals surface area contributed by atoms with Gasteiger partial charge in [0, 0.05) is 97.8 Å². The lowest BCUT2D eigenvalue weighted by Crippen LogP contribution is -2.35. The molecule has 0 saturated heterocycles. The second-order valence-corrected chi connectivity index (χ2v) is 13.8. The highest BCUT2D eigenvalue weighted by Gasteiger charge is 2.28. The predicted molar refractivity (Wildman–Crippen MR) is 218 cm³/mol. The van der Waals surface area contributed by atoms with Crippen LogP contribution in [0.4, 0.5) is 11.4 Å². The molecule has 5 heterocycles. The van der Waals surface area contributed by atoms with E-state index in [0.29, 0.717) is 22.6 Å². The molecule has 17 heteroatoms. The van der Waals surface area contributed by atoms with Gasteiger partial charge in [0.1, 0.15) is 31.1 Å². The van der Waals surface area contributed by atoms with Crippen molar-refractivity contribution in [3.63, 3.8) is 0 Å². The maximum atomic E-state index is 14.2. The van der Waals surface area contributed by atoms with E-state index >= 15 is 0 Å². The number of nitrogens with zero attached hydrogens (tertiary/aromatic N) is 10. The van der Waals surface area contributed by atoms with Crippen LogP contribution < -0.4 is 30.4 Å². The average molecular weight is 788 g/mol. The van der Waals surface area contributed by atoms with Crippen LogP contribution in [-0.2, 0) is 9.59 Å². The highest BCUT2D eigenvalue weighted by atomic mass is 16.3. The molecular formula is C42H35N12O5+. The number of fused-ring (bicyclic) bond motifs is 2. The Labute approximate surface area is 336 Å². The Hall–Kier alpha value is -8.08. The van der Waals surface area contributed by atoms with Gasteiger partial charge >= 0.3 is 0 Å². The van der Waals surface area contributed by atoms with E-state index in [0.717, 1.165) is 32.5 Å². The van der Waals surface area contributed by atoms with E-state index in [2.05, 4.69) is 46.0 Å². The summed E-state index contributed by atoms with van der Waals surface area (Å²) in [5.74, 6) is -0.982. The summed E-state index contributed by atoms with van der Waals surface area (Å²) in [7, 11) is 7.75. The minimum Gasteiger partial charge on any atom is -0.456 e. The maximum absolute atomic E-state index is 14.2. The highest BCUT2D eigenvalue weighted by Crippen LogP contribution is 2.43. The Morgan fingerprint density at radius 3 is 2.12 bits per heavy atom. The zero-order valence-corrected chi connectivity index (χ0v) is 32.2. The fourth-order valence-electron chi connectivity index (χ4n) is 6.47. The molecule has 59 heavy (non-hydrogen) atoms. The van der Waals surface area contributed by atoms with Crippen LogP contribution in [0.1, 0.15) is 20.7 Å². The third kappa shape index (κ3) is 7.59. The van der Waals surface area contributed by atoms with Crippen LogP contribution in [0.5, 0.6) is 0 Å². The molecule has 3 aliphatic rings. The Morgan fingerprint density at radius 1 is 0.746 bits per heavy atom. The summed E-state index contributed by atoms with van der Waals surface area (Å²) in [4.78, 5) is 68.2. The van der Waals surface area contributed by atoms with Gasteiger partial charge in [-0.3, -0.25) is 24.2 Å². The van der Waals surface area contributed by atoms with Gasteiger partial charge < -0.3 is 20.0 Å². The third-order valence-corrected chi connectivity index (χ3v) is 9.49. The fraction of sp³-hybridized carbons (Fsp3) is 0.143. The summed E-state index contributed by atoms with van der Waals surface area (Å²) < 4.78 is 8.46. The summed E-state index contributed by atoms with van der Waals surface area (Å²) >= 11 is 0. The van der Waals surface area contributed by atoms with E-state index in [1.807, 2.05) is 74.1 Å². The van der Waals surface area contributed by atoms with E-state index < -0.39 is 23.6 Å². The van der Waals surface area contributed by atoms with Crippen molar-refractivity contribution in [2.75, 3.05) is 51.1 Å². The van der Waals surface area contributed by atoms with Crippen LogP contribution in [0.25, 0.3) is 56.6 Å². The zero-order chi connectivity index (χ0) is 41.2. The topological polar surface area (TPSA) is 205 Å². The van der Waals surface area contributed by atoms with Gasteiger partial charge in [0.25, 0.3) is 23.6 Å². The quantitative estimate of drug-likeness (QED) is 0.0887. The van der Waals surface area contributed by atoms with E-state index in [1.165, 1.54) is 30.6 Å². The number of benzene rings is 3. The summed E-state index contributed by atoms with van der Waals surface area (Å²) in [5, 5.41) is 23.5. The molecule has 4 amide bonds. The minimum atomic E-state index is -0.518. The van der Waals surface area contributed by atoms with Gasteiger partial charge in [-0.2, -0.15) is 0 Å². The fourth-order valence-corrected chi connectivity index (χ4v) is 6.47. The van der Waals surface area contributed by atoms with Crippen molar-refractivity contribution in [1.29, 1.82) is 0 Å². The molecular weight excluding hydrogens is 753 g/mol. The Bertz CT molecular complexity index is 2840. The van der Waals surface area contributed by atoms with Gasteiger partial charge in [0.05, 0.1) is 17.3 Å². The summed E-state index contributed by atoms with van der Waals surface area (Å²) in [6, 6.07) is 21.9. The average Bonchev–Trinajstić information content (AvgIpc) is 3.60. The summed E-state index contributed by atoms with van der Waals surface area (Å²) in [6.07, 6.45) is 6.63. The normalized spacial score (nSPS) is 12.3. The number of rotatable bonds is 10. The van der Waals surface area contributed by atoms with Crippen LogP contribution in [0.2, 0.25) is 0 Å². The molecule has 17 nitrogen and oxygen atoms in total. The molecule has 8 rings (SSSR count). The van der Waals surface area contributed by atoms with E-state index in [4.69, 9.17) is 4.42 Å². The van der Waals surface area contributed by atoms with Gasteiger partial charge in [-0.1, -0.05) is 12.1 Å². The van der Waals surface area contributed by atoms with Crippen LogP contribution in [0, 0.1) is 0 Å². The number of carbonyl (C=O) groups excluding carboxylic acids is 4.